The number of ether oxygens (including phenoxy) is 1. The van der Waals surface area contributed by atoms with Gasteiger partial charge in [-0.25, -0.2) is 4.68 Å². The first-order valence-corrected chi connectivity index (χ1v) is 9.05. The van der Waals surface area contributed by atoms with Crippen molar-refractivity contribution in [3.8, 4) is 5.69 Å². The Morgan fingerprint density at radius 1 is 1.04 bits per heavy atom. The summed E-state index contributed by atoms with van der Waals surface area (Å²) in [6.45, 7) is 6.38. The van der Waals surface area contributed by atoms with Crippen LogP contribution in [-0.2, 0) is 24.4 Å². The van der Waals surface area contributed by atoms with E-state index in [0.29, 0.717) is 6.61 Å². The molecule has 136 valence electrons. The summed E-state index contributed by atoms with van der Waals surface area (Å²) in [6, 6.07) is 16.2. The summed E-state index contributed by atoms with van der Waals surface area (Å²) in [4.78, 5) is 0. The molecule has 3 rings (SSSR count). The molecule has 1 N–H and O–H groups in total. The van der Waals surface area contributed by atoms with Crippen molar-refractivity contribution in [1.29, 1.82) is 0 Å². The molecule has 0 aliphatic heterocycles. The van der Waals surface area contributed by atoms with Gasteiger partial charge in [-0.05, 0) is 49.2 Å². The van der Waals surface area contributed by atoms with Crippen molar-refractivity contribution in [3.05, 3.63) is 81.6 Å². The van der Waals surface area contributed by atoms with Gasteiger partial charge < -0.3 is 10.1 Å². The molecule has 0 spiro atoms. The maximum absolute atomic E-state index is 5.99. The van der Waals surface area contributed by atoms with E-state index in [1.807, 2.05) is 28.9 Å². The van der Waals surface area contributed by atoms with E-state index in [-0.39, 0.29) is 0 Å². The van der Waals surface area contributed by atoms with E-state index in [9.17, 15) is 0 Å². The van der Waals surface area contributed by atoms with Gasteiger partial charge in [-0.15, -0.1) is 0 Å². The SMILES string of the molecule is COCc1cccc(CNCc2c(C)nn(-c3ccc(Cl)cc3)c2C)c1. The number of nitrogens with one attached hydrogen (secondary N) is 1. The molecule has 0 aliphatic carbocycles. The number of halogens is 1. The fraction of sp³-hybridized carbons (Fsp3) is 0.286. The summed E-state index contributed by atoms with van der Waals surface area (Å²) in [5.41, 5.74) is 6.87. The zero-order chi connectivity index (χ0) is 18.5. The fourth-order valence-corrected chi connectivity index (χ4v) is 3.22. The van der Waals surface area contributed by atoms with Crippen LogP contribution in [0.25, 0.3) is 5.69 Å². The molecule has 5 heteroatoms. The van der Waals surface area contributed by atoms with Crippen LogP contribution in [0.5, 0.6) is 0 Å². The highest BCUT2D eigenvalue weighted by Gasteiger charge is 2.12. The number of aromatic nitrogens is 2. The quantitative estimate of drug-likeness (QED) is 0.662. The predicted molar refractivity (Wildman–Crippen MR) is 106 cm³/mol. The number of nitrogens with zero attached hydrogens (tertiary/aromatic N) is 2. The average Bonchev–Trinajstić information content (AvgIpc) is 2.91. The Balaban J connectivity index is 1.69. The molecule has 3 aromatic rings. The molecule has 26 heavy (non-hydrogen) atoms. The Labute approximate surface area is 159 Å². The zero-order valence-electron chi connectivity index (χ0n) is 15.4. The maximum Gasteiger partial charge on any atom is 0.0713 e. The van der Waals surface area contributed by atoms with Crippen molar-refractivity contribution in [2.45, 2.75) is 33.5 Å². The van der Waals surface area contributed by atoms with Gasteiger partial charge in [0.05, 0.1) is 18.0 Å². The minimum absolute atomic E-state index is 0.639. The highest BCUT2D eigenvalue weighted by Crippen LogP contribution is 2.19. The van der Waals surface area contributed by atoms with Gasteiger partial charge in [0.15, 0.2) is 0 Å². The molecule has 0 aliphatic rings. The Hall–Kier alpha value is -2.14. The topological polar surface area (TPSA) is 39.1 Å². The molecule has 0 saturated heterocycles. The van der Waals surface area contributed by atoms with Gasteiger partial charge in [-0.1, -0.05) is 35.9 Å². The molecule has 0 radical (unpaired) electrons. The van der Waals surface area contributed by atoms with Crippen LogP contribution in [0.15, 0.2) is 48.5 Å². The highest BCUT2D eigenvalue weighted by atomic mass is 35.5. The first kappa shape index (κ1) is 18.6. The van der Waals surface area contributed by atoms with Crippen molar-refractivity contribution in [2.24, 2.45) is 0 Å². The van der Waals surface area contributed by atoms with Crippen LogP contribution in [0.2, 0.25) is 5.02 Å². The molecule has 1 heterocycles. The zero-order valence-corrected chi connectivity index (χ0v) is 16.2. The number of aryl methyl sites for hydroxylation is 1. The lowest BCUT2D eigenvalue weighted by atomic mass is 10.1. The van der Waals surface area contributed by atoms with E-state index in [1.165, 1.54) is 16.7 Å². The number of benzene rings is 2. The van der Waals surface area contributed by atoms with E-state index in [2.05, 4.69) is 43.4 Å². The molecule has 1 aromatic heterocycles. The van der Waals surface area contributed by atoms with E-state index in [4.69, 9.17) is 21.4 Å². The molecule has 0 atom stereocenters. The highest BCUT2D eigenvalue weighted by molar-refractivity contribution is 6.30. The minimum Gasteiger partial charge on any atom is -0.380 e. The second kappa shape index (κ2) is 8.49. The first-order valence-electron chi connectivity index (χ1n) is 8.67. The molecule has 4 nitrogen and oxygen atoms in total. The summed E-state index contributed by atoms with van der Waals surface area (Å²) in [5.74, 6) is 0. The van der Waals surface area contributed by atoms with Crippen molar-refractivity contribution in [2.75, 3.05) is 7.11 Å². The average molecular weight is 370 g/mol. The van der Waals surface area contributed by atoms with Gasteiger partial charge in [0.2, 0.25) is 0 Å². The summed E-state index contributed by atoms with van der Waals surface area (Å²) >= 11 is 5.99. The van der Waals surface area contributed by atoms with E-state index >= 15 is 0 Å². The minimum atomic E-state index is 0.639. The monoisotopic (exact) mass is 369 g/mol. The number of rotatable bonds is 7. The van der Waals surface area contributed by atoms with Crippen LogP contribution >= 0.6 is 11.6 Å². The lowest BCUT2D eigenvalue weighted by molar-refractivity contribution is 0.185. The van der Waals surface area contributed by atoms with E-state index < -0.39 is 0 Å². The van der Waals surface area contributed by atoms with E-state index in [1.54, 1.807) is 7.11 Å². The molecular weight excluding hydrogens is 346 g/mol. The van der Waals surface area contributed by atoms with Crippen LogP contribution in [0.4, 0.5) is 0 Å². The number of methoxy groups -OCH3 is 1. The van der Waals surface area contributed by atoms with Gasteiger partial charge in [0, 0.05) is 36.5 Å². The fourth-order valence-electron chi connectivity index (χ4n) is 3.09. The normalized spacial score (nSPS) is 11.1. The molecule has 0 amide bonds. The lowest BCUT2D eigenvalue weighted by Crippen LogP contribution is -2.14. The van der Waals surface area contributed by atoms with Crippen molar-refractivity contribution >= 4 is 11.6 Å². The van der Waals surface area contributed by atoms with Crippen LogP contribution in [-0.4, -0.2) is 16.9 Å². The van der Waals surface area contributed by atoms with Crippen molar-refractivity contribution < 1.29 is 4.74 Å². The smallest absolute Gasteiger partial charge is 0.0713 e. The number of hydrogen-bond donors (Lipinski definition) is 1. The standard InChI is InChI=1S/C21H24ClN3O/c1-15-21(13-23-12-17-5-4-6-18(11-17)14-26-3)16(2)25(24-15)20-9-7-19(22)8-10-20/h4-11,23H,12-14H2,1-3H3. The van der Waals surface area contributed by atoms with Crippen molar-refractivity contribution in [1.82, 2.24) is 15.1 Å². The van der Waals surface area contributed by atoms with Gasteiger partial charge in [-0.2, -0.15) is 5.10 Å². The Bertz CT molecular complexity index is 871. The van der Waals surface area contributed by atoms with Crippen LogP contribution in [0.1, 0.15) is 28.1 Å². The van der Waals surface area contributed by atoms with Crippen molar-refractivity contribution in [3.63, 3.8) is 0 Å². The van der Waals surface area contributed by atoms with Gasteiger partial charge in [0.1, 0.15) is 0 Å². The van der Waals surface area contributed by atoms with Crippen LogP contribution in [0.3, 0.4) is 0 Å². The van der Waals surface area contributed by atoms with Crippen LogP contribution in [0, 0.1) is 13.8 Å². The predicted octanol–water partition coefficient (Wildman–Crippen LogP) is 4.58. The first-order chi connectivity index (χ1) is 12.6. The summed E-state index contributed by atoms with van der Waals surface area (Å²) in [5, 5.41) is 8.95. The summed E-state index contributed by atoms with van der Waals surface area (Å²) < 4.78 is 7.17. The molecule has 0 saturated carbocycles. The Kier molecular flexibility index (Phi) is 6.09. The maximum atomic E-state index is 5.99. The van der Waals surface area contributed by atoms with Gasteiger partial charge in [-0.3, -0.25) is 0 Å². The molecule has 0 fully saturated rings. The third-order valence-corrected chi connectivity index (χ3v) is 4.70. The number of hydrogen-bond acceptors (Lipinski definition) is 3. The molecule has 0 bridgehead atoms. The van der Waals surface area contributed by atoms with Gasteiger partial charge >= 0.3 is 0 Å². The van der Waals surface area contributed by atoms with Crippen LogP contribution < -0.4 is 5.32 Å². The third-order valence-electron chi connectivity index (χ3n) is 4.45. The molecular formula is C21H24ClN3O. The van der Waals surface area contributed by atoms with Gasteiger partial charge in [0.25, 0.3) is 0 Å². The summed E-state index contributed by atoms with van der Waals surface area (Å²) in [6.07, 6.45) is 0. The molecule has 0 unspecified atom stereocenters. The second-order valence-corrected chi connectivity index (χ2v) is 6.83. The molecule has 2 aromatic carbocycles. The Morgan fingerprint density at radius 3 is 2.50 bits per heavy atom. The lowest BCUT2D eigenvalue weighted by Gasteiger charge is -2.08. The summed E-state index contributed by atoms with van der Waals surface area (Å²) in [7, 11) is 1.72. The Morgan fingerprint density at radius 2 is 1.77 bits per heavy atom. The largest absolute Gasteiger partial charge is 0.380 e. The van der Waals surface area contributed by atoms with E-state index in [0.717, 1.165) is 35.2 Å². The second-order valence-electron chi connectivity index (χ2n) is 6.39. The third kappa shape index (κ3) is 4.33.